The summed E-state index contributed by atoms with van der Waals surface area (Å²) in [6.45, 7) is 13.3. The van der Waals surface area contributed by atoms with Gasteiger partial charge in [0.05, 0.1) is 0 Å². The Balaban J connectivity index is 4.31. The number of hydrogen-bond acceptors (Lipinski definition) is 1. The minimum Gasteiger partial charge on any atom is -0.0991 e. The summed E-state index contributed by atoms with van der Waals surface area (Å²) >= 11 is 1.59. The molecule has 0 aliphatic heterocycles. The van der Waals surface area contributed by atoms with E-state index in [4.69, 9.17) is 0 Å². The van der Waals surface area contributed by atoms with Crippen LogP contribution in [-0.2, 0) is 0 Å². The first-order chi connectivity index (χ1) is 7.74. The molecule has 0 nitrogen and oxygen atoms in total. The lowest BCUT2D eigenvalue weighted by Gasteiger charge is -1.99. The molecule has 0 saturated carbocycles. The van der Waals surface area contributed by atoms with Gasteiger partial charge in [0, 0.05) is 9.81 Å². The minimum absolute atomic E-state index is 0.976. The normalized spacial score (nSPS) is 12.7. The topological polar surface area (TPSA) is 0 Å². The highest BCUT2D eigenvalue weighted by Crippen LogP contribution is 2.25. The molecule has 0 fully saturated rings. The third kappa shape index (κ3) is 7.89. The summed E-state index contributed by atoms with van der Waals surface area (Å²) in [6, 6.07) is 0. The molecule has 0 saturated heterocycles. The molecular formula is C15H18S. The molecular weight excluding hydrogens is 212 g/mol. The molecule has 0 amide bonds. The smallest absolute Gasteiger partial charge is 0.0116 e. The third-order valence-corrected chi connectivity index (χ3v) is 2.48. The Bertz CT molecular complexity index is 352. The van der Waals surface area contributed by atoms with Crippen LogP contribution in [0.3, 0.4) is 0 Å². The van der Waals surface area contributed by atoms with Crippen LogP contribution in [-0.4, -0.2) is 0 Å². The molecule has 0 rings (SSSR count). The molecule has 0 aliphatic carbocycles. The van der Waals surface area contributed by atoms with E-state index in [0.717, 1.165) is 9.81 Å². The van der Waals surface area contributed by atoms with Crippen LogP contribution >= 0.6 is 11.8 Å². The van der Waals surface area contributed by atoms with Crippen LogP contribution in [0.4, 0.5) is 0 Å². The average molecular weight is 230 g/mol. The third-order valence-electron chi connectivity index (χ3n) is 1.54. The van der Waals surface area contributed by atoms with Crippen molar-refractivity contribution in [1.29, 1.82) is 0 Å². The van der Waals surface area contributed by atoms with Gasteiger partial charge in [-0.05, 0) is 19.1 Å². The second kappa shape index (κ2) is 10.1. The number of allylic oxidation sites excluding steroid dienone is 9. The van der Waals surface area contributed by atoms with Crippen LogP contribution in [0.5, 0.6) is 0 Å². The van der Waals surface area contributed by atoms with Crippen molar-refractivity contribution in [3.63, 3.8) is 0 Å². The van der Waals surface area contributed by atoms with Gasteiger partial charge in [-0.2, -0.15) is 0 Å². The van der Waals surface area contributed by atoms with E-state index in [9.17, 15) is 0 Å². The predicted molar refractivity (Wildman–Crippen MR) is 78.3 cm³/mol. The van der Waals surface area contributed by atoms with Crippen LogP contribution in [0.25, 0.3) is 0 Å². The van der Waals surface area contributed by atoms with E-state index in [2.05, 4.69) is 19.7 Å². The summed E-state index contributed by atoms with van der Waals surface area (Å²) in [4.78, 5) is 2.06. The monoisotopic (exact) mass is 230 g/mol. The number of rotatable bonds is 7. The van der Waals surface area contributed by atoms with Crippen LogP contribution in [0.2, 0.25) is 0 Å². The van der Waals surface area contributed by atoms with E-state index in [0.29, 0.717) is 0 Å². The highest BCUT2D eigenvalue weighted by molar-refractivity contribution is 8.07. The Morgan fingerprint density at radius 1 is 1.06 bits per heavy atom. The van der Waals surface area contributed by atoms with Crippen molar-refractivity contribution in [3.8, 4) is 0 Å². The van der Waals surface area contributed by atoms with Crippen molar-refractivity contribution < 1.29 is 0 Å². The van der Waals surface area contributed by atoms with Gasteiger partial charge in [0.15, 0.2) is 0 Å². The van der Waals surface area contributed by atoms with Gasteiger partial charge in [-0.15, -0.1) is 0 Å². The Morgan fingerprint density at radius 3 is 2.38 bits per heavy atom. The maximum Gasteiger partial charge on any atom is 0.0116 e. The first-order valence-corrected chi connectivity index (χ1v) is 5.84. The number of thioether (sulfide) groups is 1. The summed E-state index contributed by atoms with van der Waals surface area (Å²) in [5.74, 6) is 0. The second-order valence-electron chi connectivity index (χ2n) is 2.85. The molecule has 1 heteroatoms. The van der Waals surface area contributed by atoms with Gasteiger partial charge in [0.25, 0.3) is 0 Å². The van der Waals surface area contributed by atoms with Gasteiger partial charge in [-0.1, -0.05) is 74.0 Å². The van der Waals surface area contributed by atoms with Crippen molar-refractivity contribution >= 4 is 11.8 Å². The molecule has 0 atom stereocenters. The highest BCUT2D eigenvalue weighted by Gasteiger charge is 1.92. The van der Waals surface area contributed by atoms with Gasteiger partial charge >= 0.3 is 0 Å². The molecule has 0 heterocycles. The van der Waals surface area contributed by atoms with Crippen molar-refractivity contribution in [3.05, 3.63) is 84.2 Å². The fourth-order valence-electron chi connectivity index (χ4n) is 0.826. The van der Waals surface area contributed by atoms with Gasteiger partial charge in [-0.25, -0.2) is 0 Å². The summed E-state index contributed by atoms with van der Waals surface area (Å²) in [5.41, 5.74) is 0. The molecule has 0 N–H and O–H groups in total. The fraction of sp³-hybridized carbons (Fsp3) is 0.0667. The van der Waals surface area contributed by atoms with E-state index in [1.807, 2.05) is 55.5 Å². The largest absolute Gasteiger partial charge is 0.0991 e. The Kier molecular flexibility index (Phi) is 9.14. The zero-order valence-corrected chi connectivity index (χ0v) is 10.5. The lowest BCUT2D eigenvalue weighted by Crippen LogP contribution is -1.70. The Morgan fingerprint density at radius 2 is 1.81 bits per heavy atom. The summed E-state index contributed by atoms with van der Waals surface area (Å²) in [7, 11) is 0. The second-order valence-corrected chi connectivity index (χ2v) is 4.05. The molecule has 84 valence electrons. The van der Waals surface area contributed by atoms with Crippen molar-refractivity contribution in [2.45, 2.75) is 6.92 Å². The van der Waals surface area contributed by atoms with E-state index in [1.54, 1.807) is 17.8 Å². The van der Waals surface area contributed by atoms with Crippen LogP contribution in [0.1, 0.15) is 6.92 Å². The van der Waals surface area contributed by atoms with Gasteiger partial charge in [0.2, 0.25) is 0 Å². The lowest BCUT2D eigenvalue weighted by atomic mass is 10.4. The maximum absolute atomic E-state index is 3.95. The van der Waals surface area contributed by atoms with Crippen LogP contribution in [0.15, 0.2) is 84.2 Å². The predicted octanol–water partition coefficient (Wildman–Crippen LogP) is 5.18. The molecule has 16 heavy (non-hydrogen) atoms. The Labute approximate surface area is 103 Å². The summed E-state index contributed by atoms with van der Waals surface area (Å²) in [5, 5.41) is 0. The van der Waals surface area contributed by atoms with Crippen molar-refractivity contribution in [2.75, 3.05) is 0 Å². The zero-order chi connectivity index (χ0) is 12.2. The van der Waals surface area contributed by atoms with Crippen molar-refractivity contribution in [2.24, 2.45) is 0 Å². The standard InChI is InChI=1S/C15H18S/c1-5-8-10-11-12-14(4)16-15(7-3)13-9-6-2/h5-13H,1,3-4H2,2H3/b9-6-,10-8-,12-11-,15-13+. The average Bonchev–Trinajstić information content (AvgIpc) is 2.30. The molecule has 0 unspecified atom stereocenters. The van der Waals surface area contributed by atoms with Gasteiger partial charge < -0.3 is 0 Å². The van der Waals surface area contributed by atoms with E-state index in [-0.39, 0.29) is 0 Å². The van der Waals surface area contributed by atoms with Gasteiger partial charge in [-0.3, -0.25) is 0 Å². The first kappa shape index (κ1) is 14.5. The molecule has 0 spiro atoms. The Hall–Kier alpha value is -1.47. The van der Waals surface area contributed by atoms with E-state index in [1.165, 1.54) is 0 Å². The van der Waals surface area contributed by atoms with Crippen LogP contribution < -0.4 is 0 Å². The molecule has 0 aromatic heterocycles. The molecule has 0 aromatic rings. The molecule has 0 radical (unpaired) electrons. The summed E-state index contributed by atoms with van der Waals surface area (Å²) in [6.07, 6.45) is 17.2. The van der Waals surface area contributed by atoms with Gasteiger partial charge in [0.1, 0.15) is 0 Å². The maximum atomic E-state index is 3.95. The van der Waals surface area contributed by atoms with Crippen molar-refractivity contribution in [1.82, 2.24) is 0 Å². The number of hydrogen-bond donors (Lipinski definition) is 0. The quantitative estimate of drug-likeness (QED) is 0.543. The highest BCUT2D eigenvalue weighted by atomic mass is 32.2. The first-order valence-electron chi connectivity index (χ1n) is 5.02. The zero-order valence-electron chi connectivity index (χ0n) is 9.73. The molecule has 0 aliphatic rings. The van der Waals surface area contributed by atoms with E-state index >= 15 is 0 Å². The molecule has 0 bridgehead atoms. The molecule has 0 aromatic carbocycles. The minimum atomic E-state index is 0.976. The lowest BCUT2D eigenvalue weighted by molar-refractivity contribution is 1.72. The SMILES string of the molecule is C=C/C=C\C=C/C(=C)S/C(C=C)=C/C=C\C. The van der Waals surface area contributed by atoms with Crippen LogP contribution in [0, 0.1) is 0 Å². The summed E-state index contributed by atoms with van der Waals surface area (Å²) < 4.78 is 0. The fourth-order valence-corrected chi connectivity index (χ4v) is 1.51. The van der Waals surface area contributed by atoms with E-state index < -0.39 is 0 Å².